The van der Waals surface area contributed by atoms with Crippen molar-refractivity contribution < 1.29 is 27.4 Å². The summed E-state index contributed by atoms with van der Waals surface area (Å²) in [6, 6.07) is 5.42. The Bertz CT molecular complexity index is 760. The molecule has 0 bridgehead atoms. The number of fused-ring (bicyclic) bond motifs is 1. The van der Waals surface area contributed by atoms with E-state index in [9.17, 15) is 18.0 Å². The van der Waals surface area contributed by atoms with Crippen LogP contribution in [0.15, 0.2) is 30.5 Å². The third-order valence-electron chi connectivity index (χ3n) is 2.49. The Morgan fingerprint density at radius 1 is 1.27 bits per heavy atom. The number of carbonyl (C=O) groups is 1. The summed E-state index contributed by atoms with van der Waals surface area (Å²) >= 11 is 0. The summed E-state index contributed by atoms with van der Waals surface area (Å²) in [5, 5.41) is 1.08. The fraction of sp³-hybridized carbons (Fsp3) is 0.200. The van der Waals surface area contributed by atoms with Crippen molar-refractivity contribution in [3.63, 3.8) is 0 Å². The van der Waals surface area contributed by atoms with Gasteiger partial charge in [0.25, 0.3) is 0 Å². The second kappa shape index (κ2) is 6.35. The largest absolute Gasteiger partial charge is 0.573 e. The van der Waals surface area contributed by atoms with Gasteiger partial charge in [-0.25, -0.2) is 9.78 Å². The van der Waals surface area contributed by atoms with Gasteiger partial charge in [0.2, 0.25) is 0 Å². The Morgan fingerprint density at radius 3 is 2.73 bits per heavy atom. The average Bonchev–Trinajstić information content (AvgIpc) is 2.43. The van der Waals surface area contributed by atoms with Crippen LogP contribution >= 0.6 is 0 Å². The molecule has 0 atom stereocenters. The number of benzene rings is 1. The molecule has 1 aromatic heterocycles. The molecule has 0 saturated carbocycles. The number of ether oxygens (including phenoxy) is 2. The summed E-state index contributed by atoms with van der Waals surface area (Å²) in [7, 11) is 0. The Balaban J connectivity index is 2.25. The molecular formula is C15H10F3NO3. The maximum Gasteiger partial charge on any atom is 0.573 e. The lowest BCUT2D eigenvalue weighted by molar-refractivity contribution is -0.274. The van der Waals surface area contributed by atoms with Crippen LogP contribution in [0.25, 0.3) is 10.8 Å². The molecule has 0 aliphatic heterocycles. The van der Waals surface area contributed by atoms with Gasteiger partial charge in [-0.1, -0.05) is 6.07 Å². The van der Waals surface area contributed by atoms with Crippen molar-refractivity contribution in [3.8, 4) is 17.6 Å². The van der Waals surface area contributed by atoms with Crippen LogP contribution in [0, 0.1) is 11.8 Å². The Hall–Kier alpha value is -2.75. The van der Waals surface area contributed by atoms with Crippen LogP contribution in [-0.2, 0) is 9.53 Å². The third kappa shape index (κ3) is 4.38. The van der Waals surface area contributed by atoms with Crippen LogP contribution in [0.2, 0.25) is 0 Å². The molecule has 2 aromatic rings. The molecule has 2 rings (SSSR count). The van der Waals surface area contributed by atoms with E-state index in [1.165, 1.54) is 24.4 Å². The Labute approximate surface area is 123 Å². The monoisotopic (exact) mass is 309 g/mol. The lowest BCUT2D eigenvalue weighted by atomic mass is 10.1. The molecule has 1 aromatic carbocycles. The van der Waals surface area contributed by atoms with Gasteiger partial charge in [0.15, 0.2) is 0 Å². The van der Waals surface area contributed by atoms with Gasteiger partial charge in [-0.2, -0.15) is 0 Å². The SMILES string of the molecule is CCOC(=O)C#Cc1cc2ccc(OC(F)(F)F)cc2cn1. The van der Waals surface area contributed by atoms with E-state index in [4.69, 9.17) is 0 Å². The molecule has 0 saturated heterocycles. The fourth-order valence-corrected chi connectivity index (χ4v) is 1.67. The first-order chi connectivity index (χ1) is 10.4. The van der Waals surface area contributed by atoms with Crippen LogP contribution in [-0.4, -0.2) is 23.9 Å². The fourth-order valence-electron chi connectivity index (χ4n) is 1.67. The van der Waals surface area contributed by atoms with E-state index in [0.717, 1.165) is 0 Å². The molecule has 4 nitrogen and oxygen atoms in total. The molecule has 0 aliphatic rings. The first kappa shape index (κ1) is 15.6. The van der Waals surface area contributed by atoms with Gasteiger partial charge in [-0.05, 0) is 36.4 Å². The zero-order valence-electron chi connectivity index (χ0n) is 11.4. The van der Waals surface area contributed by atoms with E-state index in [1.54, 1.807) is 13.0 Å². The molecule has 22 heavy (non-hydrogen) atoms. The highest BCUT2D eigenvalue weighted by Crippen LogP contribution is 2.26. The summed E-state index contributed by atoms with van der Waals surface area (Å²) in [5.41, 5.74) is 0.310. The highest BCUT2D eigenvalue weighted by molar-refractivity contribution is 5.89. The van der Waals surface area contributed by atoms with Gasteiger partial charge >= 0.3 is 12.3 Å². The number of hydrogen-bond acceptors (Lipinski definition) is 4. The van der Waals surface area contributed by atoms with Crippen LogP contribution in [0.3, 0.4) is 0 Å². The van der Waals surface area contributed by atoms with Crippen molar-refractivity contribution >= 4 is 16.7 Å². The second-order valence-corrected chi connectivity index (χ2v) is 4.10. The van der Waals surface area contributed by atoms with E-state index in [1.807, 2.05) is 0 Å². The van der Waals surface area contributed by atoms with Gasteiger partial charge in [0, 0.05) is 17.5 Å². The first-order valence-corrected chi connectivity index (χ1v) is 6.22. The van der Waals surface area contributed by atoms with Crippen LogP contribution in [0.1, 0.15) is 12.6 Å². The minimum Gasteiger partial charge on any atom is -0.456 e. The number of hydrogen-bond donors (Lipinski definition) is 0. The van der Waals surface area contributed by atoms with Crippen molar-refractivity contribution in [2.75, 3.05) is 6.61 Å². The predicted molar refractivity (Wildman–Crippen MR) is 71.9 cm³/mol. The molecule has 0 N–H and O–H groups in total. The van der Waals surface area contributed by atoms with Crippen molar-refractivity contribution in [1.29, 1.82) is 0 Å². The van der Waals surface area contributed by atoms with E-state index in [-0.39, 0.29) is 12.4 Å². The van der Waals surface area contributed by atoms with E-state index in [2.05, 4.69) is 26.3 Å². The van der Waals surface area contributed by atoms with Crippen molar-refractivity contribution in [1.82, 2.24) is 4.98 Å². The smallest absolute Gasteiger partial charge is 0.456 e. The van der Waals surface area contributed by atoms with Gasteiger partial charge in [-0.15, -0.1) is 13.2 Å². The normalized spacial score (nSPS) is 10.7. The molecule has 7 heteroatoms. The third-order valence-corrected chi connectivity index (χ3v) is 2.49. The minimum absolute atomic E-state index is 0.223. The number of aromatic nitrogens is 1. The molecule has 0 spiro atoms. The first-order valence-electron chi connectivity index (χ1n) is 6.22. The molecule has 1 heterocycles. The van der Waals surface area contributed by atoms with Crippen LogP contribution < -0.4 is 4.74 Å². The minimum atomic E-state index is -4.74. The van der Waals surface area contributed by atoms with Crippen molar-refractivity contribution in [2.24, 2.45) is 0 Å². The van der Waals surface area contributed by atoms with Crippen LogP contribution in [0.4, 0.5) is 13.2 Å². The van der Waals surface area contributed by atoms with Gasteiger partial charge in [0.1, 0.15) is 11.4 Å². The molecule has 0 radical (unpaired) electrons. The predicted octanol–water partition coefficient (Wildman–Crippen LogP) is 3.05. The summed E-state index contributed by atoms with van der Waals surface area (Å²) in [5.74, 6) is 3.79. The highest BCUT2D eigenvalue weighted by Gasteiger charge is 2.31. The van der Waals surface area contributed by atoms with Crippen molar-refractivity contribution in [3.05, 3.63) is 36.2 Å². The summed E-state index contributed by atoms with van der Waals surface area (Å²) in [6.07, 6.45) is -3.39. The number of alkyl halides is 3. The molecule has 0 amide bonds. The number of rotatable bonds is 2. The Kier molecular flexibility index (Phi) is 4.51. The average molecular weight is 309 g/mol. The number of esters is 1. The molecule has 0 unspecified atom stereocenters. The number of halogens is 3. The number of carbonyl (C=O) groups excluding carboxylic acids is 1. The van der Waals surface area contributed by atoms with E-state index in [0.29, 0.717) is 16.5 Å². The van der Waals surface area contributed by atoms with Gasteiger partial charge in [-0.3, -0.25) is 0 Å². The number of nitrogens with zero attached hydrogens (tertiary/aromatic N) is 1. The summed E-state index contributed by atoms with van der Waals surface area (Å²) in [4.78, 5) is 15.1. The topological polar surface area (TPSA) is 48.4 Å². The van der Waals surface area contributed by atoms with Crippen molar-refractivity contribution in [2.45, 2.75) is 13.3 Å². The maximum absolute atomic E-state index is 12.1. The lowest BCUT2D eigenvalue weighted by Crippen LogP contribution is -2.16. The van der Waals surface area contributed by atoms with E-state index < -0.39 is 12.3 Å². The van der Waals surface area contributed by atoms with E-state index >= 15 is 0 Å². The van der Waals surface area contributed by atoms with Crippen LogP contribution in [0.5, 0.6) is 5.75 Å². The molecule has 0 aliphatic carbocycles. The second-order valence-electron chi connectivity index (χ2n) is 4.10. The maximum atomic E-state index is 12.1. The zero-order chi connectivity index (χ0) is 16.2. The Morgan fingerprint density at radius 2 is 2.05 bits per heavy atom. The van der Waals surface area contributed by atoms with Gasteiger partial charge in [0.05, 0.1) is 6.61 Å². The quantitative estimate of drug-likeness (QED) is 0.632. The lowest BCUT2D eigenvalue weighted by Gasteiger charge is -2.09. The molecular weight excluding hydrogens is 299 g/mol. The highest BCUT2D eigenvalue weighted by atomic mass is 19.4. The summed E-state index contributed by atoms with van der Waals surface area (Å²) < 4.78 is 44.9. The standard InChI is InChI=1S/C15H10F3NO3/c1-2-21-14(20)6-4-12-7-10-3-5-13(22-15(16,17)18)8-11(10)9-19-12/h3,5,7-9H,2H2,1H3. The number of pyridine rings is 1. The zero-order valence-corrected chi connectivity index (χ0v) is 11.4. The van der Waals surface area contributed by atoms with Gasteiger partial charge < -0.3 is 9.47 Å². The summed E-state index contributed by atoms with van der Waals surface area (Å²) in [6.45, 7) is 1.88. The molecule has 114 valence electrons. The molecule has 0 fully saturated rings.